The van der Waals surface area contributed by atoms with Gasteiger partial charge in [0.15, 0.2) is 0 Å². The first-order valence-corrected chi connectivity index (χ1v) is 8.56. The van der Waals surface area contributed by atoms with E-state index in [1.807, 2.05) is 73.8 Å². The van der Waals surface area contributed by atoms with Gasteiger partial charge in [0.2, 0.25) is 0 Å². The van der Waals surface area contributed by atoms with Crippen LogP contribution in [-0.4, -0.2) is 13.3 Å². The summed E-state index contributed by atoms with van der Waals surface area (Å²) >= 11 is 0. The Balaban J connectivity index is 2.12. The average Bonchev–Trinajstić information content (AvgIpc) is 2.72. The standard InChI is InChI=1S/C24H21NO/c1-25(23-15-9-4-10-16-23)24(21-13-7-3-8-14-21)19-22(17-18-26)20-11-5-2-6-12-20/h2-19H,1H3/b22-17-,24-19+. The average molecular weight is 339 g/mol. The predicted molar refractivity (Wildman–Crippen MR) is 110 cm³/mol. The van der Waals surface area contributed by atoms with Crippen LogP contribution in [0.5, 0.6) is 0 Å². The van der Waals surface area contributed by atoms with Crippen molar-refractivity contribution in [3.63, 3.8) is 0 Å². The highest BCUT2D eigenvalue weighted by Gasteiger charge is 2.11. The van der Waals surface area contributed by atoms with Gasteiger partial charge in [-0.15, -0.1) is 0 Å². The van der Waals surface area contributed by atoms with Gasteiger partial charge in [-0.05, 0) is 41.0 Å². The number of allylic oxidation sites excluding steroid dienone is 3. The van der Waals surface area contributed by atoms with Gasteiger partial charge in [-0.3, -0.25) is 4.79 Å². The maximum atomic E-state index is 11.2. The molecule has 3 rings (SSSR count). The second-order valence-electron chi connectivity index (χ2n) is 5.91. The van der Waals surface area contributed by atoms with Crippen LogP contribution in [0.3, 0.4) is 0 Å². The van der Waals surface area contributed by atoms with E-state index >= 15 is 0 Å². The molecule has 0 radical (unpaired) electrons. The molecule has 128 valence electrons. The van der Waals surface area contributed by atoms with Crippen molar-refractivity contribution in [2.75, 3.05) is 11.9 Å². The Labute approximate surface area is 154 Å². The zero-order valence-corrected chi connectivity index (χ0v) is 14.7. The molecular formula is C24H21NO. The third-order valence-electron chi connectivity index (χ3n) is 4.22. The van der Waals surface area contributed by atoms with Crippen LogP contribution in [0, 0.1) is 0 Å². The number of carbonyl (C=O) groups excluding carboxylic acids is 1. The third kappa shape index (κ3) is 4.17. The van der Waals surface area contributed by atoms with E-state index in [0.29, 0.717) is 0 Å². The number of anilines is 1. The van der Waals surface area contributed by atoms with Gasteiger partial charge in [0, 0.05) is 18.4 Å². The molecule has 0 aliphatic rings. The summed E-state index contributed by atoms with van der Waals surface area (Å²) in [5.41, 5.74) is 5.08. The van der Waals surface area contributed by atoms with E-state index in [4.69, 9.17) is 0 Å². The number of hydrogen-bond donors (Lipinski definition) is 0. The van der Waals surface area contributed by atoms with Crippen molar-refractivity contribution in [1.82, 2.24) is 0 Å². The molecular weight excluding hydrogens is 318 g/mol. The summed E-state index contributed by atoms with van der Waals surface area (Å²) in [5, 5.41) is 0. The molecule has 0 atom stereocenters. The molecule has 26 heavy (non-hydrogen) atoms. The first-order chi connectivity index (χ1) is 12.8. The van der Waals surface area contributed by atoms with Crippen LogP contribution in [-0.2, 0) is 4.79 Å². The van der Waals surface area contributed by atoms with Crippen molar-refractivity contribution in [3.05, 3.63) is 114 Å². The summed E-state index contributed by atoms with van der Waals surface area (Å²) < 4.78 is 0. The summed E-state index contributed by atoms with van der Waals surface area (Å²) in [6, 6.07) is 30.3. The Bertz CT molecular complexity index is 897. The number of benzene rings is 3. The fourth-order valence-electron chi connectivity index (χ4n) is 2.85. The van der Waals surface area contributed by atoms with Gasteiger partial charge in [-0.25, -0.2) is 0 Å². The lowest BCUT2D eigenvalue weighted by Crippen LogP contribution is -2.15. The van der Waals surface area contributed by atoms with Gasteiger partial charge in [-0.1, -0.05) is 78.9 Å². The van der Waals surface area contributed by atoms with Crippen molar-refractivity contribution >= 4 is 23.2 Å². The monoisotopic (exact) mass is 339 g/mol. The van der Waals surface area contributed by atoms with E-state index in [0.717, 1.165) is 34.4 Å². The van der Waals surface area contributed by atoms with E-state index in [1.54, 1.807) is 6.08 Å². The van der Waals surface area contributed by atoms with E-state index in [2.05, 4.69) is 35.2 Å². The number of hydrogen-bond acceptors (Lipinski definition) is 2. The number of rotatable bonds is 6. The molecule has 0 amide bonds. The van der Waals surface area contributed by atoms with Gasteiger partial charge < -0.3 is 4.90 Å². The molecule has 0 bridgehead atoms. The van der Waals surface area contributed by atoms with Gasteiger partial charge in [0.25, 0.3) is 0 Å². The van der Waals surface area contributed by atoms with Crippen LogP contribution in [0.15, 0.2) is 103 Å². The lowest BCUT2D eigenvalue weighted by atomic mass is 10.0. The molecule has 0 saturated heterocycles. The van der Waals surface area contributed by atoms with Crippen molar-refractivity contribution in [1.29, 1.82) is 0 Å². The summed E-state index contributed by atoms with van der Waals surface area (Å²) in [4.78, 5) is 13.4. The summed E-state index contributed by atoms with van der Waals surface area (Å²) in [5.74, 6) is 0. The number of carbonyl (C=O) groups is 1. The van der Waals surface area contributed by atoms with Gasteiger partial charge in [0.05, 0.1) is 0 Å². The molecule has 2 nitrogen and oxygen atoms in total. The molecule has 0 saturated carbocycles. The molecule has 2 heteroatoms. The lowest BCUT2D eigenvalue weighted by Gasteiger charge is -2.24. The van der Waals surface area contributed by atoms with Crippen LogP contribution in [0.2, 0.25) is 0 Å². The van der Waals surface area contributed by atoms with Gasteiger partial charge in [0.1, 0.15) is 6.29 Å². The third-order valence-corrected chi connectivity index (χ3v) is 4.22. The number of nitrogens with zero attached hydrogens (tertiary/aromatic N) is 1. The van der Waals surface area contributed by atoms with E-state index in [9.17, 15) is 4.79 Å². The maximum absolute atomic E-state index is 11.2. The lowest BCUT2D eigenvalue weighted by molar-refractivity contribution is -0.104. The molecule has 0 N–H and O–H groups in total. The highest BCUT2D eigenvalue weighted by atomic mass is 16.1. The Hall–Kier alpha value is -3.39. The Morgan fingerprint density at radius 3 is 1.77 bits per heavy atom. The Morgan fingerprint density at radius 1 is 0.731 bits per heavy atom. The summed E-state index contributed by atoms with van der Waals surface area (Å²) in [7, 11) is 2.04. The van der Waals surface area contributed by atoms with Crippen LogP contribution in [0.1, 0.15) is 11.1 Å². The van der Waals surface area contributed by atoms with Crippen LogP contribution >= 0.6 is 0 Å². The molecule has 0 fully saturated rings. The zero-order chi connectivity index (χ0) is 18.2. The van der Waals surface area contributed by atoms with E-state index < -0.39 is 0 Å². The molecule has 0 aliphatic carbocycles. The topological polar surface area (TPSA) is 20.3 Å². The molecule has 0 spiro atoms. The SMILES string of the molecule is CN(/C(=C/C(=C/C=O)c1ccccc1)c1ccccc1)c1ccccc1. The normalized spacial score (nSPS) is 11.9. The Morgan fingerprint density at radius 2 is 1.23 bits per heavy atom. The molecule has 3 aromatic rings. The highest BCUT2D eigenvalue weighted by molar-refractivity contribution is 5.93. The van der Waals surface area contributed by atoms with Crippen LogP contribution < -0.4 is 4.90 Å². The summed E-state index contributed by atoms with van der Waals surface area (Å²) in [6.07, 6.45) is 4.51. The van der Waals surface area contributed by atoms with E-state index in [1.165, 1.54) is 0 Å². The molecule has 3 aromatic carbocycles. The van der Waals surface area contributed by atoms with Crippen LogP contribution in [0.4, 0.5) is 5.69 Å². The molecule has 0 aromatic heterocycles. The van der Waals surface area contributed by atoms with Crippen molar-refractivity contribution in [2.24, 2.45) is 0 Å². The smallest absolute Gasteiger partial charge is 0.143 e. The number of aldehydes is 1. The Kier molecular flexibility index (Phi) is 5.79. The maximum Gasteiger partial charge on any atom is 0.143 e. The van der Waals surface area contributed by atoms with Gasteiger partial charge >= 0.3 is 0 Å². The van der Waals surface area contributed by atoms with Crippen LogP contribution in [0.25, 0.3) is 11.3 Å². The zero-order valence-electron chi connectivity index (χ0n) is 14.7. The fourth-order valence-corrected chi connectivity index (χ4v) is 2.85. The largest absolute Gasteiger partial charge is 0.344 e. The highest BCUT2D eigenvalue weighted by Crippen LogP contribution is 2.28. The van der Waals surface area contributed by atoms with Crippen molar-refractivity contribution < 1.29 is 4.79 Å². The molecule has 0 heterocycles. The van der Waals surface area contributed by atoms with E-state index in [-0.39, 0.29) is 0 Å². The first kappa shape index (κ1) is 17.4. The second kappa shape index (κ2) is 8.63. The van der Waals surface area contributed by atoms with Crippen molar-refractivity contribution in [3.8, 4) is 0 Å². The minimum atomic E-state index is 0.837. The minimum Gasteiger partial charge on any atom is -0.344 e. The second-order valence-corrected chi connectivity index (χ2v) is 5.91. The number of para-hydroxylation sites is 1. The molecule has 0 aliphatic heterocycles. The minimum absolute atomic E-state index is 0.837. The van der Waals surface area contributed by atoms with Gasteiger partial charge in [-0.2, -0.15) is 0 Å². The fraction of sp³-hybridized carbons (Fsp3) is 0.0417. The first-order valence-electron chi connectivity index (χ1n) is 8.56. The quantitative estimate of drug-likeness (QED) is 0.338. The predicted octanol–water partition coefficient (Wildman–Crippen LogP) is 5.45. The van der Waals surface area contributed by atoms with Crippen molar-refractivity contribution in [2.45, 2.75) is 0 Å². The molecule has 0 unspecified atom stereocenters. The summed E-state index contributed by atoms with van der Waals surface area (Å²) in [6.45, 7) is 0.